The summed E-state index contributed by atoms with van der Waals surface area (Å²) in [7, 11) is 0. The molecule has 0 bridgehead atoms. The molecule has 0 spiro atoms. The Bertz CT molecular complexity index is 539. The number of aliphatic imine (C=N–C) groups is 1. The summed E-state index contributed by atoms with van der Waals surface area (Å²) in [6, 6.07) is 5.97. The van der Waals surface area contributed by atoms with Gasteiger partial charge in [-0.1, -0.05) is 6.07 Å². The van der Waals surface area contributed by atoms with Gasteiger partial charge in [0.05, 0.1) is 6.54 Å². The van der Waals surface area contributed by atoms with E-state index in [1.54, 1.807) is 0 Å². The van der Waals surface area contributed by atoms with Crippen molar-refractivity contribution in [2.75, 3.05) is 13.2 Å². The summed E-state index contributed by atoms with van der Waals surface area (Å²) < 4.78 is 5.60. The number of carbonyl (C=O) groups is 1. The molecule has 1 atom stereocenters. The molecule has 1 aliphatic rings. The van der Waals surface area contributed by atoms with Crippen molar-refractivity contribution in [1.82, 2.24) is 0 Å². The average molecular weight is 291 g/mol. The molecule has 6 nitrogen and oxygen atoms in total. The maximum absolute atomic E-state index is 10.8. The van der Waals surface area contributed by atoms with Gasteiger partial charge in [-0.2, -0.15) is 0 Å². The molecule has 0 saturated carbocycles. The van der Waals surface area contributed by atoms with Crippen molar-refractivity contribution in [2.45, 2.75) is 25.7 Å². The van der Waals surface area contributed by atoms with Crippen LogP contribution in [-0.2, 0) is 17.6 Å². The lowest BCUT2D eigenvalue weighted by Crippen LogP contribution is -2.23. The van der Waals surface area contributed by atoms with Crippen LogP contribution in [0, 0.1) is 5.92 Å². The second-order valence-corrected chi connectivity index (χ2v) is 5.29. The van der Waals surface area contributed by atoms with Gasteiger partial charge in [0.1, 0.15) is 12.4 Å². The van der Waals surface area contributed by atoms with Gasteiger partial charge in [-0.25, -0.2) is 0 Å². The number of benzene rings is 1. The Balaban J connectivity index is 1.92. The van der Waals surface area contributed by atoms with E-state index in [9.17, 15) is 4.79 Å². The first-order chi connectivity index (χ1) is 10.0. The third-order valence-corrected chi connectivity index (χ3v) is 3.63. The largest absolute Gasteiger partial charge is 0.492 e. The normalized spacial score (nSPS) is 16.9. The molecule has 1 aromatic carbocycles. The lowest BCUT2D eigenvalue weighted by atomic mass is 9.82. The SMILES string of the molecule is NC(N)=NCCOc1ccc2c(c1)CCC(CC(=O)O)C2. The molecule has 0 fully saturated rings. The van der Waals surface area contributed by atoms with Gasteiger partial charge in [-0.3, -0.25) is 9.79 Å². The minimum atomic E-state index is -0.719. The number of carboxylic acids is 1. The summed E-state index contributed by atoms with van der Waals surface area (Å²) in [6.07, 6.45) is 2.89. The smallest absolute Gasteiger partial charge is 0.303 e. The van der Waals surface area contributed by atoms with Crippen LogP contribution in [0.5, 0.6) is 5.75 Å². The zero-order valence-electron chi connectivity index (χ0n) is 11.9. The number of carboxylic acid groups (broad SMARTS) is 1. The molecule has 114 valence electrons. The van der Waals surface area contributed by atoms with Gasteiger partial charge in [0, 0.05) is 6.42 Å². The molecular formula is C15H21N3O3. The molecule has 1 unspecified atom stereocenters. The minimum absolute atomic E-state index is 0.0634. The Kier molecular flexibility index (Phi) is 5.03. The number of rotatable bonds is 6. The second kappa shape index (κ2) is 6.97. The predicted molar refractivity (Wildman–Crippen MR) is 80.4 cm³/mol. The highest BCUT2D eigenvalue weighted by Crippen LogP contribution is 2.30. The van der Waals surface area contributed by atoms with Crippen LogP contribution < -0.4 is 16.2 Å². The van der Waals surface area contributed by atoms with Crippen molar-refractivity contribution in [3.8, 4) is 5.75 Å². The number of nitrogens with two attached hydrogens (primary N) is 2. The van der Waals surface area contributed by atoms with Crippen molar-refractivity contribution in [2.24, 2.45) is 22.4 Å². The molecule has 0 heterocycles. The fourth-order valence-electron chi connectivity index (χ4n) is 2.66. The molecule has 0 amide bonds. The van der Waals surface area contributed by atoms with Crippen LogP contribution in [0.2, 0.25) is 0 Å². The summed E-state index contributed by atoms with van der Waals surface area (Å²) in [5.74, 6) is 0.386. The highest BCUT2D eigenvalue weighted by Gasteiger charge is 2.21. The van der Waals surface area contributed by atoms with Crippen LogP contribution in [0.25, 0.3) is 0 Å². The van der Waals surface area contributed by atoms with Gasteiger partial charge in [0.15, 0.2) is 5.96 Å². The van der Waals surface area contributed by atoms with E-state index in [2.05, 4.69) is 4.99 Å². The molecular weight excluding hydrogens is 270 g/mol. The molecule has 21 heavy (non-hydrogen) atoms. The van der Waals surface area contributed by atoms with E-state index in [-0.39, 0.29) is 18.3 Å². The first kappa shape index (κ1) is 15.2. The van der Waals surface area contributed by atoms with Gasteiger partial charge in [-0.15, -0.1) is 0 Å². The van der Waals surface area contributed by atoms with E-state index >= 15 is 0 Å². The Morgan fingerprint density at radius 3 is 2.90 bits per heavy atom. The molecule has 1 aliphatic carbocycles. The highest BCUT2D eigenvalue weighted by atomic mass is 16.5. The zero-order chi connectivity index (χ0) is 15.2. The highest BCUT2D eigenvalue weighted by molar-refractivity contribution is 5.75. The van der Waals surface area contributed by atoms with Crippen LogP contribution in [0.4, 0.5) is 0 Å². The zero-order valence-corrected chi connectivity index (χ0v) is 11.9. The number of fused-ring (bicyclic) bond motifs is 1. The average Bonchev–Trinajstić information content (AvgIpc) is 2.42. The number of hydrogen-bond donors (Lipinski definition) is 3. The van der Waals surface area contributed by atoms with Gasteiger partial charge in [-0.05, 0) is 48.4 Å². The van der Waals surface area contributed by atoms with Gasteiger partial charge in [0.25, 0.3) is 0 Å². The third kappa shape index (κ3) is 4.66. The molecule has 5 N–H and O–H groups in total. The van der Waals surface area contributed by atoms with Crippen molar-refractivity contribution in [3.05, 3.63) is 29.3 Å². The topological polar surface area (TPSA) is 111 Å². The predicted octanol–water partition coefficient (Wildman–Crippen LogP) is 0.918. The summed E-state index contributed by atoms with van der Waals surface area (Å²) >= 11 is 0. The van der Waals surface area contributed by atoms with Gasteiger partial charge < -0.3 is 21.3 Å². The summed E-state index contributed by atoms with van der Waals surface area (Å²) in [4.78, 5) is 14.6. The lowest BCUT2D eigenvalue weighted by Gasteiger charge is -2.23. The monoisotopic (exact) mass is 291 g/mol. The molecule has 0 saturated heterocycles. The fraction of sp³-hybridized carbons (Fsp3) is 0.467. The molecule has 2 rings (SSSR count). The molecule has 0 aromatic heterocycles. The van der Waals surface area contributed by atoms with Crippen LogP contribution >= 0.6 is 0 Å². The number of hydrogen-bond acceptors (Lipinski definition) is 3. The van der Waals surface area contributed by atoms with Crippen LogP contribution in [0.3, 0.4) is 0 Å². The number of aryl methyl sites for hydroxylation is 1. The van der Waals surface area contributed by atoms with Crippen molar-refractivity contribution < 1.29 is 14.6 Å². The number of guanidine groups is 1. The van der Waals surface area contributed by atoms with E-state index in [1.165, 1.54) is 11.1 Å². The molecule has 0 radical (unpaired) electrons. The first-order valence-electron chi connectivity index (χ1n) is 7.06. The molecule has 6 heteroatoms. The van der Waals surface area contributed by atoms with E-state index < -0.39 is 5.97 Å². The van der Waals surface area contributed by atoms with E-state index in [1.807, 2.05) is 18.2 Å². The Morgan fingerprint density at radius 1 is 1.38 bits per heavy atom. The Hall–Kier alpha value is -2.24. The third-order valence-electron chi connectivity index (χ3n) is 3.63. The number of aliphatic carboxylic acids is 1. The number of ether oxygens (including phenoxy) is 1. The fourth-order valence-corrected chi connectivity index (χ4v) is 2.66. The van der Waals surface area contributed by atoms with Gasteiger partial charge >= 0.3 is 5.97 Å². The van der Waals surface area contributed by atoms with Crippen molar-refractivity contribution >= 4 is 11.9 Å². The van der Waals surface area contributed by atoms with Gasteiger partial charge in [0.2, 0.25) is 0 Å². The van der Waals surface area contributed by atoms with Crippen molar-refractivity contribution in [1.29, 1.82) is 0 Å². The van der Waals surface area contributed by atoms with Crippen molar-refractivity contribution in [3.63, 3.8) is 0 Å². The summed E-state index contributed by atoms with van der Waals surface area (Å²) in [5, 5.41) is 8.87. The van der Waals surface area contributed by atoms with Crippen LogP contribution in [-0.4, -0.2) is 30.2 Å². The quantitative estimate of drug-likeness (QED) is 0.410. The second-order valence-electron chi connectivity index (χ2n) is 5.29. The number of nitrogens with zero attached hydrogens (tertiary/aromatic N) is 1. The van der Waals surface area contributed by atoms with E-state index in [0.717, 1.165) is 25.0 Å². The standard InChI is InChI=1S/C15H21N3O3/c16-15(17)18-5-6-21-13-4-3-11-7-10(8-14(19)20)1-2-12(11)9-13/h3-4,9-10H,1-2,5-8H2,(H,19,20)(H4,16,17,18). The first-order valence-corrected chi connectivity index (χ1v) is 7.06. The maximum Gasteiger partial charge on any atom is 0.303 e. The van der Waals surface area contributed by atoms with Crippen LogP contribution in [0.15, 0.2) is 23.2 Å². The lowest BCUT2D eigenvalue weighted by molar-refractivity contribution is -0.138. The maximum atomic E-state index is 10.8. The van der Waals surface area contributed by atoms with E-state index in [4.69, 9.17) is 21.3 Å². The summed E-state index contributed by atoms with van der Waals surface area (Å²) in [6.45, 7) is 0.860. The Morgan fingerprint density at radius 2 is 2.19 bits per heavy atom. The molecule has 1 aromatic rings. The molecule has 0 aliphatic heterocycles. The summed E-state index contributed by atoms with van der Waals surface area (Å²) in [5.41, 5.74) is 13.0. The van der Waals surface area contributed by atoms with Crippen LogP contribution in [0.1, 0.15) is 24.0 Å². The Labute approximate surface area is 123 Å². The van der Waals surface area contributed by atoms with E-state index in [0.29, 0.717) is 13.2 Å². The minimum Gasteiger partial charge on any atom is -0.492 e.